The zero-order valence-corrected chi connectivity index (χ0v) is 15.9. The van der Waals surface area contributed by atoms with Gasteiger partial charge in [-0.15, -0.1) is 0 Å². The van der Waals surface area contributed by atoms with Gasteiger partial charge in [0.2, 0.25) is 0 Å². The number of aromatic hydroxyl groups is 1. The van der Waals surface area contributed by atoms with Crippen LogP contribution in [0.4, 0.5) is 0 Å². The zero-order chi connectivity index (χ0) is 20.4. The van der Waals surface area contributed by atoms with E-state index < -0.39 is 0 Å². The zero-order valence-electron chi connectivity index (χ0n) is 15.9. The second-order valence-corrected chi connectivity index (χ2v) is 6.91. The van der Waals surface area contributed by atoms with E-state index in [9.17, 15) is 14.7 Å². The minimum atomic E-state index is -0.211. The number of nitrogens with zero attached hydrogens (tertiary/aromatic N) is 1. The van der Waals surface area contributed by atoms with E-state index in [4.69, 9.17) is 14.2 Å². The molecule has 2 aliphatic rings. The van der Waals surface area contributed by atoms with Crippen molar-refractivity contribution in [1.82, 2.24) is 4.57 Å². The molecule has 7 heteroatoms. The lowest BCUT2D eigenvalue weighted by molar-refractivity contribution is -0.102. The summed E-state index contributed by atoms with van der Waals surface area (Å²) < 4.78 is 18.6. The van der Waals surface area contributed by atoms with Gasteiger partial charge in [0.05, 0.1) is 24.3 Å². The van der Waals surface area contributed by atoms with Crippen LogP contribution in [0.25, 0.3) is 5.70 Å². The summed E-state index contributed by atoms with van der Waals surface area (Å²) >= 11 is 0. The van der Waals surface area contributed by atoms with E-state index >= 15 is 0 Å². The Morgan fingerprint density at radius 1 is 1.28 bits per heavy atom. The van der Waals surface area contributed by atoms with E-state index in [-0.39, 0.29) is 35.7 Å². The molecule has 4 rings (SSSR count). The number of carbonyl (C=O) groups excluding carboxylic acids is 1. The molecule has 2 aromatic rings. The highest BCUT2D eigenvalue weighted by Gasteiger charge is 2.26. The third kappa shape index (κ3) is 3.87. The number of ether oxygens (including phenoxy) is 3. The third-order valence-electron chi connectivity index (χ3n) is 4.96. The minimum Gasteiger partial charge on any atom is -0.507 e. The fraction of sp³-hybridized carbons (Fsp3) is 0.273. The summed E-state index contributed by atoms with van der Waals surface area (Å²) in [4.78, 5) is 23.9. The predicted octanol–water partition coefficient (Wildman–Crippen LogP) is 2.45. The molecule has 2 atom stereocenters. The average molecular weight is 395 g/mol. The number of allylic oxidation sites excluding steroid dienone is 2. The number of hydrogen-bond acceptors (Lipinski definition) is 6. The van der Waals surface area contributed by atoms with Gasteiger partial charge in [-0.25, -0.2) is 0 Å². The van der Waals surface area contributed by atoms with Crippen molar-refractivity contribution >= 4 is 12.0 Å². The Labute approximate surface area is 167 Å². The van der Waals surface area contributed by atoms with Crippen LogP contribution >= 0.6 is 0 Å². The van der Waals surface area contributed by atoms with Crippen LogP contribution in [0.1, 0.15) is 21.5 Å². The van der Waals surface area contributed by atoms with E-state index in [2.05, 4.69) is 0 Å². The second kappa shape index (κ2) is 8.06. The van der Waals surface area contributed by atoms with Crippen molar-refractivity contribution in [2.24, 2.45) is 0 Å². The SMILES string of the molecule is Cc1cc(C=O)c(O)cc1OCc1cccn(C2=CC3OCCOC3C=C2)c1=O. The molecule has 7 nitrogen and oxygen atoms in total. The van der Waals surface area contributed by atoms with Crippen LogP contribution in [0, 0.1) is 6.92 Å². The van der Waals surface area contributed by atoms with Crippen molar-refractivity contribution in [3.63, 3.8) is 0 Å². The van der Waals surface area contributed by atoms with Gasteiger partial charge in [-0.3, -0.25) is 14.2 Å². The molecule has 0 amide bonds. The monoisotopic (exact) mass is 395 g/mol. The largest absolute Gasteiger partial charge is 0.507 e. The maximum atomic E-state index is 12.9. The normalized spacial score (nSPS) is 20.7. The first-order valence-electron chi connectivity index (χ1n) is 9.32. The molecular formula is C22H21NO6. The van der Waals surface area contributed by atoms with Crippen LogP contribution in [0.5, 0.6) is 11.5 Å². The standard InChI is InChI=1S/C22H21NO6/c1-14-9-16(12-24)18(25)11-20(14)29-13-15-3-2-6-23(22(15)26)17-4-5-19-21(10-17)28-8-7-27-19/h2-6,9-12,19,21,25H,7-8,13H2,1H3. The Morgan fingerprint density at radius 2 is 2.07 bits per heavy atom. The number of aryl methyl sites for hydroxylation is 1. The van der Waals surface area contributed by atoms with Gasteiger partial charge >= 0.3 is 0 Å². The molecule has 0 saturated carbocycles. The molecule has 1 fully saturated rings. The van der Waals surface area contributed by atoms with Gasteiger partial charge < -0.3 is 19.3 Å². The topological polar surface area (TPSA) is 87.0 Å². The Hall–Kier alpha value is -3.16. The van der Waals surface area contributed by atoms with E-state index in [0.29, 0.717) is 42.1 Å². The van der Waals surface area contributed by atoms with Crippen molar-refractivity contribution in [1.29, 1.82) is 0 Å². The highest BCUT2D eigenvalue weighted by atomic mass is 16.6. The van der Waals surface area contributed by atoms with Crippen molar-refractivity contribution < 1.29 is 24.1 Å². The van der Waals surface area contributed by atoms with Crippen LogP contribution < -0.4 is 10.3 Å². The summed E-state index contributed by atoms with van der Waals surface area (Å²) in [7, 11) is 0. The highest BCUT2D eigenvalue weighted by molar-refractivity contribution is 5.80. The van der Waals surface area contributed by atoms with Crippen LogP contribution in [0.15, 0.2) is 53.5 Å². The van der Waals surface area contributed by atoms with Crippen molar-refractivity contribution in [3.05, 3.63) is 75.7 Å². The number of pyridine rings is 1. The maximum absolute atomic E-state index is 12.9. The van der Waals surface area contributed by atoms with E-state index in [1.165, 1.54) is 6.07 Å². The van der Waals surface area contributed by atoms with Crippen LogP contribution in [-0.4, -0.2) is 41.4 Å². The van der Waals surface area contributed by atoms with Gasteiger partial charge in [-0.1, -0.05) is 6.08 Å². The maximum Gasteiger partial charge on any atom is 0.261 e. The van der Waals surface area contributed by atoms with E-state index in [1.807, 2.05) is 18.2 Å². The molecule has 0 radical (unpaired) electrons. The summed E-state index contributed by atoms with van der Waals surface area (Å²) in [6, 6.07) is 6.40. The predicted molar refractivity (Wildman–Crippen MR) is 106 cm³/mol. The molecule has 1 N–H and O–H groups in total. The first-order valence-corrected chi connectivity index (χ1v) is 9.32. The number of phenolic OH excluding ortho intramolecular Hbond substituents is 1. The van der Waals surface area contributed by atoms with E-state index in [1.54, 1.807) is 35.9 Å². The molecule has 2 heterocycles. The first kappa shape index (κ1) is 19.2. The summed E-state index contributed by atoms with van der Waals surface area (Å²) in [5.74, 6) is 0.253. The summed E-state index contributed by atoms with van der Waals surface area (Å²) in [5.41, 5.74) is 1.86. The fourth-order valence-corrected chi connectivity index (χ4v) is 3.40. The lowest BCUT2D eigenvalue weighted by atomic mass is 10.0. The van der Waals surface area contributed by atoms with Crippen molar-refractivity contribution in [3.8, 4) is 11.5 Å². The lowest BCUT2D eigenvalue weighted by Crippen LogP contribution is -2.38. The number of fused-ring (bicyclic) bond motifs is 1. The van der Waals surface area contributed by atoms with E-state index in [0.717, 1.165) is 0 Å². The molecule has 0 spiro atoms. The number of phenols is 1. The minimum absolute atomic E-state index is 0.0308. The second-order valence-electron chi connectivity index (χ2n) is 6.91. The van der Waals surface area contributed by atoms with Crippen LogP contribution in [0.3, 0.4) is 0 Å². The molecule has 0 bridgehead atoms. The smallest absolute Gasteiger partial charge is 0.261 e. The Bertz CT molecular complexity index is 1050. The van der Waals surface area contributed by atoms with Gasteiger partial charge in [-0.2, -0.15) is 0 Å². The number of rotatable bonds is 5. The Morgan fingerprint density at radius 3 is 2.86 bits per heavy atom. The van der Waals surface area contributed by atoms with Crippen molar-refractivity contribution in [2.75, 3.05) is 13.2 Å². The van der Waals surface area contributed by atoms with Gasteiger partial charge in [0, 0.05) is 18.0 Å². The number of carbonyl (C=O) groups is 1. The fourth-order valence-electron chi connectivity index (χ4n) is 3.40. The summed E-state index contributed by atoms with van der Waals surface area (Å²) in [5, 5.41) is 9.86. The molecule has 2 unspecified atom stereocenters. The Kier molecular flexibility index (Phi) is 5.33. The molecular weight excluding hydrogens is 374 g/mol. The third-order valence-corrected chi connectivity index (χ3v) is 4.96. The van der Waals surface area contributed by atoms with Crippen LogP contribution in [-0.2, 0) is 16.1 Å². The summed E-state index contributed by atoms with van der Waals surface area (Å²) in [6.45, 7) is 2.88. The van der Waals surface area contributed by atoms with Gasteiger partial charge in [0.1, 0.15) is 30.3 Å². The highest BCUT2D eigenvalue weighted by Crippen LogP contribution is 2.27. The first-order chi connectivity index (χ1) is 14.1. The molecule has 1 aromatic heterocycles. The molecule has 1 aromatic carbocycles. The summed E-state index contributed by atoms with van der Waals surface area (Å²) in [6.07, 6.45) is 7.58. The number of aromatic nitrogens is 1. The molecule has 150 valence electrons. The number of benzene rings is 1. The van der Waals surface area contributed by atoms with Crippen molar-refractivity contribution in [2.45, 2.75) is 25.7 Å². The molecule has 29 heavy (non-hydrogen) atoms. The molecule has 1 aliphatic carbocycles. The van der Waals surface area contributed by atoms with Gasteiger partial charge in [0.25, 0.3) is 5.56 Å². The molecule has 1 aliphatic heterocycles. The average Bonchev–Trinajstić information content (AvgIpc) is 2.74. The molecule has 1 saturated heterocycles. The van der Waals surface area contributed by atoms with Gasteiger partial charge in [0.15, 0.2) is 6.29 Å². The quantitative estimate of drug-likeness (QED) is 0.783. The number of aldehydes is 1. The number of hydrogen-bond donors (Lipinski definition) is 1. The van der Waals surface area contributed by atoms with Crippen LogP contribution in [0.2, 0.25) is 0 Å². The lowest BCUT2D eigenvalue weighted by Gasteiger charge is -2.31. The Balaban J connectivity index is 1.56. The van der Waals surface area contributed by atoms with Gasteiger partial charge in [-0.05, 0) is 42.8 Å².